The quantitative estimate of drug-likeness (QED) is 0.733. The summed E-state index contributed by atoms with van der Waals surface area (Å²) in [5.41, 5.74) is 0.554. The fraction of sp³-hybridized carbons (Fsp3) is 0.556. The van der Waals surface area contributed by atoms with Gasteiger partial charge in [0, 0.05) is 18.1 Å². The first-order valence-electron chi connectivity index (χ1n) is 4.63. The molecule has 0 saturated heterocycles. The Balaban J connectivity index is 2.47. The normalized spacial score (nSPS) is 12.4. The number of rotatable bonds is 5. The number of alkyl halides is 1. The van der Waals surface area contributed by atoms with Gasteiger partial charge in [-0.05, 0) is 12.8 Å². The van der Waals surface area contributed by atoms with Crippen molar-refractivity contribution in [3.8, 4) is 0 Å². The van der Waals surface area contributed by atoms with Gasteiger partial charge in [0.15, 0.2) is 0 Å². The summed E-state index contributed by atoms with van der Waals surface area (Å²) in [6, 6.07) is 0.148. The van der Waals surface area contributed by atoms with E-state index in [9.17, 15) is 4.79 Å². The Morgan fingerprint density at radius 2 is 2.57 bits per heavy atom. The summed E-state index contributed by atoms with van der Waals surface area (Å²) in [5, 5.41) is 9.19. The zero-order valence-corrected chi connectivity index (χ0v) is 8.84. The predicted octanol–water partition coefficient (Wildman–Crippen LogP) is 1.55. The first kappa shape index (κ1) is 11.0. The van der Waals surface area contributed by atoms with Crippen molar-refractivity contribution in [3.63, 3.8) is 0 Å². The van der Waals surface area contributed by atoms with Crippen molar-refractivity contribution < 1.29 is 4.79 Å². The molecule has 0 aliphatic carbocycles. The van der Waals surface area contributed by atoms with Crippen molar-refractivity contribution in [1.29, 1.82) is 0 Å². The number of carbonyl (C=O) groups excluding carboxylic acids is 1. The van der Waals surface area contributed by atoms with E-state index in [1.54, 1.807) is 6.20 Å². The van der Waals surface area contributed by atoms with Gasteiger partial charge in [-0.25, -0.2) is 0 Å². The van der Waals surface area contributed by atoms with E-state index >= 15 is 0 Å². The van der Waals surface area contributed by atoms with Crippen LogP contribution in [-0.4, -0.2) is 28.0 Å². The zero-order chi connectivity index (χ0) is 10.4. The molecule has 1 unspecified atom stereocenters. The van der Waals surface area contributed by atoms with Gasteiger partial charge in [-0.15, -0.1) is 11.6 Å². The number of H-pyrrole nitrogens is 1. The molecule has 0 spiro atoms. The Morgan fingerprint density at radius 3 is 3.07 bits per heavy atom. The van der Waals surface area contributed by atoms with Crippen LogP contribution >= 0.6 is 11.6 Å². The average Bonchev–Trinajstić information content (AvgIpc) is 2.69. The Labute approximate surface area is 88.0 Å². The lowest BCUT2D eigenvalue weighted by atomic mass is 10.1. The summed E-state index contributed by atoms with van der Waals surface area (Å²) < 4.78 is 0. The molecule has 1 atom stereocenters. The van der Waals surface area contributed by atoms with Crippen molar-refractivity contribution in [2.75, 3.05) is 5.88 Å². The monoisotopic (exact) mass is 215 g/mol. The van der Waals surface area contributed by atoms with E-state index in [4.69, 9.17) is 11.6 Å². The first-order valence-corrected chi connectivity index (χ1v) is 5.17. The van der Waals surface area contributed by atoms with E-state index in [0.29, 0.717) is 11.4 Å². The molecule has 2 N–H and O–H groups in total. The van der Waals surface area contributed by atoms with Crippen LogP contribution in [0.15, 0.2) is 12.4 Å². The molecule has 0 bridgehead atoms. The second-order valence-electron chi connectivity index (χ2n) is 3.04. The van der Waals surface area contributed by atoms with E-state index < -0.39 is 0 Å². The van der Waals surface area contributed by atoms with Crippen LogP contribution in [0, 0.1) is 0 Å². The summed E-state index contributed by atoms with van der Waals surface area (Å²) >= 11 is 5.61. The van der Waals surface area contributed by atoms with Crippen LogP contribution in [-0.2, 0) is 0 Å². The minimum absolute atomic E-state index is 0.101. The van der Waals surface area contributed by atoms with Crippen LogP contribution in [0.25, 0.3) is 0 Å². The number of nitrogens with zero attached hydrogens (tertiary/aromatic N) is 1. The molecular formula is C9H14ClN3O. The third-order valence-electron chi connectivity index (χ3n) is 2.05. The highest BCUT2D eigenvalue weighted by Gasteiger charge is 2.11. The molecule has 0 saturated carbocycles. The number of amides is 1. The van der Waals surface area contributed by atoms with Crippen molar-refractivity contribution in [3.05, 3.63) is 18.0 Å². The molecule has 0 aromatic carbocycles. The lowest BCUT2D eigenvalue weighted by Crippen LogP contribution is -2.34. The highest BCUT2D eigenvalue weighted by molar-refractivity contribution is 6.17. The highest BCUT2D eigenvalue weighted by atomic mass is 35.5. The lowest BCUT2D eigenvalue weighted by Gasteiger charge is -2.14. The maximum atomic E-state index is 11.5. The van der Waals surface area contributed by atoms with E-state index in [-0.39, 0.29) is 11.9 Å². The largest absolute Gasteiger partial charge is 0.349 e. The van der Waals surface area contributed by atoms with E-state index in [2.05, 4.69) is 15.5 Å². The fourth-order valence-corrected chi connectivity index (χ4v) is 1.42. The Kier molecular flexibility index (Phi) is 4.46. The topological polar surface area (TPSA) is 57.8 Å². The summed E-state index contributed by atoms with van der Waals surface area (Å²) in [7, 11) is 0. The number of hydrogen-bond donors (Lipinski definition) is 2. The number of aromatic nitrogens is 2. The van der Waals surface area contributed by atoms with Gasteiger partial charge in [-0.2, -0.15) is 5.10 Å². The molecule has 0 radical (unpaired) electrons. The van der Waals surface area contributed by atoms with Gasteiger partial charge in [0.05, 0.1) is 11.8 Å². The van der Waals surface area contributed by atoms with Gasteiger partial charge < -0.3 is 5.32 Å². The van der Waals surface area contributed by atoms with Crippen LogP contribution in [0.3, 0.4) is 0 Å². The highest BCUT2D eigenvalue weighted by Crippen LogP contribution is 2.02. The molecule has 1 heterocycles. The molecule has 1 amide bonds. The Hall–Kier alpha value is -1.03. The number of nitrogens with one attached hydrogen (secondary N) is 2. The summed E-state index contributed by atoms with van der Waals surface area (Å²) in [6.07, 6.45) is 4.75. The Bertz CT molecular complexity index is 274. The summed E-state index contributed by atoms with van der Waals surface area (Å²) in [5.74, 6) is 0.459. The molecule has 0 aliphatic heterocycles. The third-order valence-corrected chi connectivity index (χ3v) is 2.26. The maximum absolute atomic E-state index is 11.5. The molecule has 5 heteroatoms. The fourth-order valence-electron chi connectivity index (χ4n) is 1.15. The van der Waals surface area contributed by atoms with Gasteiger partial charge in [-0.3, -0.25) is 9.89 Å². The predicted molar refractivity (Wildman–Crippen MR) is 55.5 cm³/mol. The number of aromatic amines is 1. The molecule has 0 aliphatic rings. The molecule has 1 aromatic heterocycles. The van der Waals surface area contributed by atoms with E-state index in [1.807, 2.05) is 6.92 Å². The van der Waals surface area contributed by atoms with E-state index in [0.717, 1.165) is 12.8 Å². The maximum Gasteiger partial charge on any atom is 0.254 e. The molecule has 1 rings (SSSR count). The molecular weight excluding hydrogens is 202 g/mol. The zero-order valence-electron chi connectivity index (χ0n) is 8.09. The van der Waals surface area contributed by atoms with Gasteiger partial charge in [0.1, 0.15) is 0 Å². The molecule has 14 heavy (non-hydrogen) atoms. The number of halogens is 1. The third kappa shape index (κ3) is 3.03. The van der Waals surface area contributed by atoms with Crippen molar-refractivity contribution in [1.82, 2.24) is 15.5 Å². The minimum atomic E-state index is -0.101. The Morgan fingerprint density at radius 1 is 1.79 bits per heavy atom. The van der Waals surface area contributed by atoms with Gasteiger partial charge >= 0.3 is 0 Å². The molecule has 78 valence electrons. The summed E-state index contributed by atoms with van der Waals surface area (Å²) in [4.78, 5) is 11.5. The minimum Gasteiger partial charge on any atom is -0.349 e. The number of carbonyl (C=O) groups is 1. The first-order chi connectivity index (χ1) is 6.77. The van der Waals surface area contributed by atoms with Crippen LogP contribution in [0.1, 0.15) is 30.1 Å². The molecule has 0 fully saturated rings. The lowest BCUT2D eigenvalue weighted by molar-refractivity contribution is 0.0935. The second kappa shape index (κ2) is 5.65. The second-order valence-corrected chi connectivity index (χ2v) is 3.42. The summed E-state index contributed by atoms with van der Waals surface area (Å²) in [6.45, 7) is 2.02. The van der Waals surface area contributed by atoms with Crippen molar-refractivity contribution in [2.45, 2.75) is 25.8 Å². The van der Waals surface area contributed by atoms with Crippen molar-refractivity contribution in [2.24, 2.45) is 0 Å². The smallest absolute Gasteiger partial charge is 0.254 e. The molecule has 1 aromatic rings. The average molecular weight is 216 g/mol. The standard InChI is InChI=1S/C9H14ClN3O/c1-2-8(3-4-10)13-9(14)7-5-11-12-6-7/h5-6,8H,2-4H2,1H3,(H,11,12)(H,13,14). The van der Waals surface area contributed by atoms with Crippen LogP contribution in [0.4, 0.5) is 0 Å². The molecule has 4 nitrogen and oxygen atoms in total. The number of hydrogen-bond acceptors (Lipinski definition) is 2. The van der Waals surface area contributed by atoms with Gasteiger partial charge in [0.2, 0.25) is 0 Å². The van der Waals surface area contributed by atoms with Crippen LogP contribution < -0.4 is 5.32 Å². The van der Waals surface area contributed by atoms with Crippen LogP contribution in [0.2, 0.25) is 0 Å². The van der Waals surface area contributed by atoms with E-state index in [1.165, 1.54) is 6.20 Å². The van der Waals surface area contributed by atoms with Crippen molar-refractivity contribution >= 4 is 17.5 Å². The van der Waals surface area contributed by atoms with Gasteiger partial charge in [-0.1, -0.05) is 6.92 Å². The van der Waals surface area contributed by atoms with Gasteiger partial charge in [0.25, 0.3) is 5.91 Å². The van der Waals surface area contributed by atoms with Crippen LogP contribution in [0.5, 0.6) is 0 Å². The SMILES string of the molecule is CCC(CCCl)NC(=O)c1cn[nH]c1.